The summed E-state index contributed by atoms with van der Waals surface area (Å²) in [5, 5.41) is 6.30. The largest absolute Gasteiger partial charge is 0.365 e. The van der Waals surface area contributed by atoms with Crippen molar-refractivity contribution in [3.05, 3.63) is 29.6 Å². The number of nitrogens with zero attached hydrogens (tertiary/aromatic N) is 1. The number of benzene rings is 1. The number of carbonyl (C=O) groups is 1. The van der Waals surface area contributed by atoms with Crippen LogP contribution in [0, 0.1) is 5.82 Å². The van der Waals surface area contributed by atoms with Crippen LogP contribution in [0.4, 0.5) is 10.1 Å². The minimum Gasteiger partial charge on any atom is -0.365 e. The molecule has 0 aromatic heterocycles. The van der Waals surface area contributed by atoms with E-state index in [0.717, 1.165) is 18.5 Å². The molecule has 3 rings (SSSR count). The Morgan fingerprint density at radius 3 is 2.67 bits per heavy atom. The molecule has 21 heavy (non-hydrogen) atoms. The number of hydrogen-bond acceptors (Lipinski definition) is 3. The van der Waals surface area contributed by atoms with Gasteiger partial charge in [-0.2, -0.15) is 0 Å². The lowest BCUT2D eigenvalue weighted by Crippen LogP contribution is -2.37. The van der Waals surface area contributed by atoms with Gasteiger partial charge in [-0.15, -0.1) is 0 Å². The molecule has 0 saturated heterocycles. The first-order valence-electron chi connectivity index (χ1n) is 7.65. The monoisotopic (exact) mass is 291 g/mol. The molecule has 0 heterocycles. The molecule has 1 aromatic rings. The number of halogens is 1. The Bertz CT molecular complexity index is 526. The molecule has 5 heteroatoms. The van der Waals surface area contributed by atoms with Crippen molar-refractivity contribution in [1.82, 2.24) is 10.6 Å². The van der Waals surface area contributed by atoms with E-state index in [4.69, 9.17) is 0 Å². The molecule has 0 atom stereocenters. The van der Waals surface area contributed by atoms with E-state index in [1.54, 1.807) is 6.07 Å². The number of carbonyl (C=O) groups excluding carboxylic acids is 1. The van der Waals surface area contributed by atoms with Crippen molar-refractivity contribution in [1.29, 1.82) is 0 Å². The second-order valence-electron chi connectivity index (χ2n) is 6.09. The Morgan fingerprint density at radius 2 is 2.00 bits per heavy atom. The predicted molar refractivity (Wildman–Crippen MR) is 80.7 cm³/mol. The highest BCUT2D eigenvalue weighted by Crippen LogP contribution is 2.25. The molecule has 2 N–H and O–H groups in total. The van der Waals surface area contributed by atoms with Crippen LogP contribution in [0.25, 0.3) is 0 Å². The van der Waals surface area contributed by atoms with E-state index in [0.29, 0.717) is 24.2 Å². The first-order chi connectivity index (χ1) is 10.1. The number of nitrogens with one attached hydrogen (secondary N) is 2. The summed E-state index contributed by atoms with van der Waals surface area (Å²) in [5.41, 5.74) is 1.43. The van der Waals surface area contributed by atoms with Gasteiger partial charge in [-0.1, -0.05) is 6.07 Å². The molecule has 114 valence electrons. The standard InChI is InChI=1S/C16H22FN3O/c1-20(10-16(21)19-12-7-8-12)15-4-2-3-14(17)13(15)9-18-11-5-6-11/h2-4,11-12,18H,5-10H2,1H3,(H,19,21). The Balaban J connectivity index is 1.66. The van der Waals surface area contributed by atoms with Gasteiger partial charge >= 0.3 is 0 Å². The van der Waals surface area contributed by atoms with Crippen LogP contribution < -0.4 is 15.5 Å². The summed E-state index contributed by atoms with van der Waals surface area (Å²) in [6, 6.07) is 5.93. The third kappa shape index (κ3) is 3.94. The zero-order valence-corrected chi connectivity index (χ0v) is 12.4. The van der Waals surface area contributed by atoms with E-state index in [9.17, 15) is 9.18 Å². The zero-order valence-electron chi connectivity index (χ0n) is 12.4. The van der Waals surface area contributed by atoms with Gasteiger partial charge in [0.1, 0.15) is 5.82 Å². The summed E-state index contributed by atoms with van der Waals surface area (Å²) in [7, 11) is 1.84. The third-order valence-electron chi connectivity index (χ3n) is 3.97. The minimum absolute atomic E-state index is 0.00497. The van der Waals surface area contributed by atoms with Crippen LogP contribution >= 0.6 is 0 Å². The van der Waals surface area contributed by atoms with Gasteiger partial charge in [0.15, 0.2) is 0 Å². The SMILES string of the molecule is CN(CC(=O)NC1CC1)c1cccc(F)c1CNC1CC1. The molecule has 0 unspecified atom stereocenters. The lowest BCUT2D eigenvalue weighted by atomic mass is 10.1. The topological polar surface area (TPSA) is 44.4 Å². The molecule has 1 aromatic carbocycles. The molecule has 0 spiro atoms. The molecule has 2 fully saturated rings. The maximum Gasteiger partial charge on any atom is 0.239 e. The van der Waals surface area contributed by atoms with Gasteiger partial charge in [-0.05, 0) is 37.8 Å². The van der Waals surface area contributed by atoms with Crippen molar-refractivity contribution < 1.29 is 9.18 Å². The average Bonchev–Trinajstić information content (AvgIpc) is 3.31. The van der Waals surface area contributed by atoms with Crippen LogP contribution in [0.3, 0.4) is 0 Å². The van der Waals surface area contributed by atoms with Crippen molar-refractivity contribution in [2.24, 2.45) is 0 Å². The van der Waals surface area contributed by atoms with Gasteiger partial charge in [0.25, 0.3) is 0 Å². The zero-order chi connectivity index (χ0) is 14.8. The van der Waals surface area contributed by atoms with E-state index in [2.05, 4.69) is 10.6 Å². The molecular formula is C16H22FN3O. The van der Waals surface area contributed by atoms with Crippen LogP contribution in [-0.4, -0.2) is 31.6 Å². The Morgan fingerprint density at radius 1 is 1.29 bits per heavy atom. The van der Waals surface area contributed by atoms with Gasteiger partial charge in [0.05, 0.1) is 6.54 Å². The van der Waals surface area contributed by atoms with Crippen LogP contribution in [0.1, 0.15) is 31.2 Å². The highest BCUT2D eigenvalue weighted by atomic mass is 19.1. The normalized spacial score (nSPS) is 17.6. The van der Waals surface area contributed by atoms with E-state index in [1.807, 2.05) is 18.0 Å². The summed E-state index contributed by atoms with van der Waals surface area (Å²) in [6.45, 7) is 0.775. The maximum atomic E-state index is 14.1. The maximum absolute atomic E-state index is 14.1. The molecular weight excluding hydrogens is 269 g/mol. The van der Waals surface area contributed by atoms with Gasteiger partial charge in [0.2, 0.25) is 5.91 Å². The Kier molecular flexibility index (Phi) is 4.10. The third-order valence-corrected chi connectivity index (χ3v) is 3.97. The van der Waals surface area contributed by atoms with Crippen molar-refractivity contribution >= 4 is 11.6 Å². The number of amides is 1. The minimum atomic E-state index is -0.213. The highest BCUT2D eigenvalue weighted by Gasteiger charge is 2.25. The summed E-state index contributed by atoms with van der Waals surface area (Å²) in [6.07, 6.45) is 4.49. The van der Waals surface area contributed by atoms with Gasteiger partial charge in [-0.25, -0.2) is 4.39 Å². The molecule has 0 radical (unpaired) electrons. The number of likely N-dealkylation sites (N-methyl/N-ethyl adjacent to an activating group) is 1. The van der Waals surface area contributed by atoms with Crippen molar-refractivity contribution in [3.8, 4) is 0 Å². The first-order valence-corrected chi connectivity index (χ1v) is 7.65. The summed E-state index contributed by atoms with van der Waals surface area (Å²) >= 11 is 0. The van der Waals surface area contributed by atoms with E-state index < -0.39 is 0 Å². The predicted octanol–water partition coefficient (Wildman–Crippen LogP) is 1.79. The highest BCUT2D eigenvalue weighted by molar-refractivity contribution is 5.82. The second-order valence-corrected chi connectivity index (χ2v) is 6.09. The van der Waals surface area contributed by atoms with Crippen molar-refractivity contribution in [3.63, 3.8) is 0 Å². The van der Waals surface area contributed by atoms with Crippen LogP contribution in [0.2, 0.25) is 0 Å². The molecule has 4 nitrogen and oxygen atoms in total. The number of rotatable bonds is 7. The fraction of sp³-hybridized carbons (Fsp3) is 0.562. The first kappa shape index (κ1) is 14.3. The fourth-order valence-electron chi connectivity index (χ4n) is 2.42. The lowest BCUT2D eigenvalue weighted by molar-refractivity contribution is -0.119. The van der Waals surface area contributed by atoms with Gasteiger partial charge in [-0.3, -0.25) is 4.79 Å². The molecule has 2 aliphatic carbocycles. The quantitative estimate of drug-likeness (QED) is 0.805. The Labute approximate surface area is 124 Å². The average molecular weight is 291 g/mol. The Hall–Kier alpha value is -1.62. The summed E-state index contributed by atoms with van der Waals surface area (Å²) in [5.74, 6) is -0.208. The van der Waals surface area contributed by atoms with Crippen LogP contribution in [-0.2, 0) is 11.3 Å². The van der Waals surface area contributed by atoms with Crippen LogP contribution in [0.15, 0.2) is 18.2 Å². The summed E-state index contributed by atoms with van der Waals surface area (Å²) in [4.78, 5) is 13.7. The molecule has 1 amide bonds. The second kappa shape index (κ2) is 6.02. The summed E-state index contributed by atoms with van der Waals surface area (Å²) < 4.78 is 14.1. The van der Waals surface area contributed by atoms with Gasteiger partial charge in [0, 0.05) is 36.9 Å². The molecule has 0 aliphatic heterocycles. The van der Waals surface area contributed by atoms with Crippen LogP contribution in [0.5, 0.6) is 0 Å². The molecule has 2 saturated carbocycles. The van der Waals surface area contributed by atoms with Crippen molar-refractivity contribution in [2.45, 2.75) is 44.3 Å². The van der Waals surface area contributed by atoms with E-state index >= 15 is 0 Å². The van der Waals surface area contributed by atoms with Gasteiger partial charge < -0.3 is 15.5 Å². The number of hydrogen-bond donors (Lipinski definition) is 2. The van der Waals surface area contributed by atoms with E-state index in [-0.39, 0.29) is 18.3 Å². The molecule has 0 bridgehead atoms. The number of anilines is 1. The van der Waals surface area contributed by atoms with Crippen molar-refractivity contribution in [2.75, 3.05) is 18.5 Å². The fourth-order valence-corrected chi connectivity index (χ4v) is 2.42. The molecule has 2 aliphatic rings. The smallest absolute Gasteiger partial charge is 0.239 e. The lowest BCUT2D eigenvalue weighted by Gasteiger charge is -2.22. The van der Waals surface area contributed by atoms with E-state index in [1.165, 1.54) is 18.9 Å².